The van der Waals surface area contributed by atoms with Gasteiger partial charge < -0.3 is 30.3 Å². The average Bonchev–Trinajstić information content (AvgIpc) is 2.85. The summed E-state index contributed by atoms with van der Waals surface area (Å²) >= 11 is 0. The van der Waals surface area contributed by atoms with E-state index in [0.717, 1.165) is 11.1 Å². The van der Waals surface area contributed by atoms with E-state index in [2.05, 4.69) is 6.08 Å². The average molecular weight is 541 g/mol. The summed E-state index contributed by atoms with van der Waals surface area (Å²) in [6.45, 7) is 10.1. The lowest BCUT2D eigenvalue weighted by Gasteiger charge is -2.34. The van der Waals surface area contributed by atoms with Crippen LogP contribution in [0.15, 0.2) is 29.4 Å². The van der Waals surface area contributed by atoms with Crippen molar-refractivity contribution in [3.05, 3.63) is 51.6 Å². The molecule has 0 saturated heterocycles. The predicted octanol–water partition coefficient (Wildman–Crippen LogP) is 5.31. The van der Waals surface area contributed by atoms with Crippen molar-refractivity contribution in [2.75, 3.05) is 7.11 Å². The highest BCUT2D eigenvalue weighted by atomic mass is 16.5. The molecule has 5 N–H and O–H groups in total. The minimum absolute atomic E-state index is 0.0341. The Morgan fingerprint density at radius 1 is 0.974 bits per heavy atom. The van der Waals surface area contributed by atoms with E-state index in [0.29, 0.717) is 31.2 Å². The number of methoxy groups -OCH3 is 1. The molecule has 0 saturated carbocycles. The van der Waals surface area contributed by atoms with Gasteiger partial charge in [0.15, 0.2) is 5.60 Å². The number of ether oxygens (including phenoxy) is 1. The van der Waals surface area contributed by atoms with Gasteiger partial charge in [-0.1, -0.05) is 23.3 Å². The van der Waals surface area contributed by atoms with Gasteiger partial charge in [0.1, 0.15) is 17.2 Å². The monoisotopic (exact) mass is 540 g/mol. The molecule has 8 heteroatoms. The number of phenolic OH excluding ortho intramolecular Hbond substituents is 3. The first-order valence-corrected chi connectivity index (χ1v) is 13.2. The number of rotatable bonds is 10. The molecule has 8 nitrogen and oxygen atoms in total. The van der Waals surface area contributed by atoms with Crippen LogP contribution in [-0.4, -0.2) is 61.5 Å². The molecule has 1 aliphatic rings. The summed E-state index contributed by atoms with van der Waals surface area (Å²) in [6, 6.07) is 1.36. The number of phenols is 3. The third kappa shape index (κ3) is 5.46. The van der Waals surface area contributed by atoms with Crippen LogP contribution in [0.3, 0.4) is 0 Å². The van der Waals surface area contributed by atoms with Crippen molar-refractivity contribution >= 4 is 22.3 Å². The zero-order valence-corrected chi connectivity index (χ0v) is 23.8. The number of carbonyl (C=O) groups excluding carboxylic acids is 2. The highest BCUT2D eigenvalue weighted by Gasteiger charge is 2.53. The van der Waals surface area contributed by atoms with E-state index in [1.807, 2.05) is 13.8 Å². The first-order valence-electron chi connectivity index (χ1n) is 13.2. The number of benzene rings is 2. The van der Waals surface area contributed by atoms with E-state index in [4.69, 9.17) is 4.74 Å². The summed E-state index contributed by atoms with van der Waals surface area (Å²) in [5, 5.41) is 52.5. The van der Waals surface area contributed by atoms with Gasteiger partial charge in [-0.05, 0) is 78.9 Å². The number of aromatic hydroxyl groups is 3. The van der Waals surface area contributed by atoms with Gasteiger partial charge in [-0.2, -0.15) is 0 Å². The van der Waals surface area contributed by atoms with E-state index in [9.17, 15) is 35.1 Å². The van der Waals surface area contributed by atoms with Gasteiger partial charge >= 0.3 is 0 Å². The molecule has 0 aliphatic heterocycles. The van der Waals surface area contributed by atoms with Gasteiger partial charge in [0.2, 0.25) is 11.6 Å². The number of Topliss-reactive ketones (excluding diaryl/α,β-unsaturated/α-hetero) is 2. The Morgan fingerprint density at radius 2 is 1.56 bits per heavy atom. The van der Waals surface area contributed by atoms with Gasteiger partial charge in [-0.3, -0.25) is 9.59 Å². The van der Waals surface area contributed by atoms with Crippen LogP contribution < -0.4 is 0 Å². The zero-order chi connectivity index (χ0) is 29.4. The minimum atomic E-state index is -1.98. The fourth-order valence-electron chi connectivity index (χ4n) is 5.16. The molecule has 212 valence electrons. The van der Waals surface area contributed by atoms with Crippen LogP contribution in [0.1, 0.15) is 91.6 Å². The molecule has 3 rings (SSSR count). The maximum atomic E-state index is 13.8. The Morgan fingerprint density at radius 3 is 2.15 bits per heavy atom. The molecule has 0 aromatic heterocycles. The first-order chi connectivity index (χ1) is 18.1. The quantitative estimate of drug-likeness (QED) is 0.201. The largest absolute Gasteiger partial charge is 0.507 e. The zero-order valence-electron chi connectivity index (χ0n) is 23.8. The van der Waals surface area contributed by atoms with Gasteiger partial charge in [0, 0.05) is 29.9 Å². The third-order valence-corrected chi connectivity index (χ3v) is 7.87. The van der Waals surface area contributed by atoms with Crippen molar-refractivity contribution < 1.29 is 39.9 Å². The van der Waals surface area contributed by atoms with Crippen LogP contribution in [0, 0.1) is 13.8 Å². The van der Waals surface area contributed by atoms with Crippen molar-refractivity contribution in [2.24, 2.45) is 0 Å². The molecule has 0 radical (unpaired) electrons. The molecular formula is C31H40O8. The SMILES string of the molecule is CO[C@@]1(C/C=C(\C)CC/C=C(\C)CC[C@@H](O)C(C)(C)O)C(=O)c2c(O)cc(C)c3c(O)c(C)c(O)c(c23)C1=O. The fourth-order valence-corrected chi connectivity index (χ4v) is 5.16. The van der Waals surface area contributed by atoms with Crippen LogP contribution in [0.2, 0.25) is 0 Å². The van der Waals surface area contributed by atoms with Gasteiger partial charge in [0.05, 0.1) is 22.8 Å². The van der Waals surface area contributed by atoms with Crippen molar-refractivity contribution in [2.45, 2.75) is 91.0 Å². The maximum absolute atomic E-state index is 13.8. The molecule has 2 aromatic carbocycles. The summed E-state index contributed by atoms with van der Waals surface area (Å²) < 4.78 is 5.59. The Bertz CT molecular complexity index is 1380. The minimum Gasteiger partial charge on any atom is -0.507 e. The lowest BCUT2D eigenvalue weighted by molar-refractivity contribution is -0.0509. The lowest BCUT2D eigenvalue weighted by atomic mass is 9.72. The van der Waals surface area contributed by atoms with Gasteiger partial charge in [-0.15, -0.1) is 0 Å². The normalized spacial score (nSPS) is 19.2. The van der Waals surface area contributed by atoms with E-state index < -0.39 is 34.6 Å². The van der Waals surface area contributed by atoms with Crippen LogP contribution in [0.25, 0.3) is 10.8 Å². The molecule has 2 aromatic rings. The van der Waals surface area contributed by atoms with E-state index in [-0.39, 0.29) is 45.4 Å². The number of allylic oxidation sites excluding steroid dienone is 3. The third-order valence-electron chi connectivity index (χ3n) is 7.87. The summed E-state index contributed by atoms with van der Waals surface area (Å²) in [6.07, 6.45) is 5.37. The van der Waals surface area contributed by atoms with Crippen molar-refractivity contribution in [3.8, 4) is 17.2 Å². The number of carbonyl (C=O) groups is 2. The molecule has 0 spiro atoms. The van der Waals surface area contributed by atoms with Crippen LogP contribution in [0.4, 0.5) is 0 Å². The summed E-state index contributed by atoms with van der Waals surface area (Å²) in [7, 11) is 1.25. The van der Waals surface area contributed by atoms with Crippen LogP contribution in [0.5, 0.6) is 17.2 Å². The maximum Gasteiger partial charge on any atom is 0.207 e. The number of hydrogen-bond donors (Lipinski definition) is 5. The Labute approximate surface area is 229 Å². The summed E-state index contributed by atoms with van der Waals surface area (Å²) in [5.74, 6) is -2.48. The van der Waals surface area contributed by atoms with E-state index in [1.54, 1.807) is 26.8 Å². The van der Waals surface area contributed by atoms with E-state index >= 15 is 0 Å². The Balaban J connectivity index is 1.88. The molecule has 0 bridgehead atoms. The second kappa shape index (κ2) is 11.1. The second-order valence-corrected chi connectivity index (χ2v) is 11.3. The highest BCUT2D eigenvalue weighted by Crippen LogP contribution is 2.50. The van der Waals surface area contributed by atoms with Gasteiger partial charge in [-0.25, -0.2) is 0 Å². The Kier molecular flexibility index (Phi) is 8.65. The molecule has 0 fully saturated rings. The van der Waals surface area contributed by atoms with Crippen molar-refractivity contribution in [1.29, 1.82) is 0 Å². The standard InChI is InChI=1S/C31H40O8/c1-16(11-12-21(33)30(5,6)38)9-8-10-17(2)13-14-31(39-7)28(36)23-20(32)15-18(3)22-24(23)25(29(31)37)27(35)19(4)26(22)34/h9,13,15,21,32-35,38H,8,10-12,14H2,1-7H3/b16-9+,17-13+/t21-,31+/m1/s1. The second-order valence-electron chi connectivity index (χ2n) is 11.3. The summed E-state index contributed by atoms with van der Waals surface area (Å²) in [4.78, 5) is 27.6. The number of aryl methyl sites for hydroxylation is 1. The van der Waals surface area contributed by atoms with Crippen molar-refractivity contribution in [3.63, 3.8) is 0 Å². The molecular weight excluding hydrogens is 500 g/mol. The Hall–Kier alpha value is -3.20. The number of ketones is 2. The summed E-state index contributed by atoms with van der Waals surface area (Å²) in [5.41, 5.74) is -0.856. The number of aliphatic hydroxyl groups excluding tert-OH is 1. The number of aliphatic hydroxyl groups is 2. The molecule has 39 heavy (non-hydrogen) atoms. The smallest absolute Gasteiger partial charge is 0.207 e. The molecule has 2 atom stereocenters. The predicted molar refractivity (Wildman–Crippen MR) is 150 cm³/mol. The fraction of sp³-hybridized carbons (Fsp3) is 0.484. The molecule has 0 heterocycles. The molecule has 0 unspecified atom stereocenters. The van der Waals surface area contributed by atoms with Crippen LogP contribution in [-0.2, 0) is 4.74 Å². The van der Waals surface area contributed by atoms with Crippen LogP contribution >= 0.6 is 0 Å². The lowest BCUT2D eigenvalue weighted by Crippen LogP contribution is -2.50. The number of hydrogen-bond acceptors (Lipinski definition) is 8. The molecule has 1 aliphatic carbocycles. The molecule has 0 amide bonds. The van der Waals surface area contributed by atoms with Crippen molar-refractivity contribution in [1.82, 2.24) is 0 Å². The van der Waals surface area contributed by atoms with Gasteiger partial charge in [0.25, 0.3) is 0 Å². The highest BCUT2D eigenvalue weighted by molar-refractivity contribution is 6.36. The topological polar surface area (TPSA) is 145 Å². The first kappa shape index (κ1) is 30.3. The van der Waals surface area contributed by atoms with E-state index in [1.165, 1.54) is 20.1 Å².